The van der Waals surface area contributed by atoms with Gasteiger partial charge in [0.05, 0.1) is 6.61 Å². The zero-order valence-electron chi connectivity index (χ0n) is 12.4. The van der Waals surface area contributed by atoms with Gasteiger partial charge in [0.2, 0.25) is 0 Å². The fourth-order valence-corrected chi connectivity index (χ4v) is 1.26. The number of hydrogen-bond donors (Lipinski definition) is 3. The second kappa shape index (κ2) is 12.7. The minimum atomic E-state index is -0.500. The van der Waals surface area contributed by atoms with E-state index in [9.17, 15) is 9.59 Å². The summed E-state index contributed by atoms with van der Waals surface area (Å²) in [5.74, 6) is -0.445. The number of hydrogen-bond acceptors (Lipinski definition) is 6. The summed E-state index contributed by atoms with van der Waals surface area (Å²) < 4.78 is 9.52. The van der Waals surface area contributed by atoms with Crippen LogP contribution < -0.4 is 16.0 Å². The second-order valence-corrected chi connectivity index (χ2v) is 3.87. The van der Waals surface area contributed by atoms with Crippen LogP contribution in [0.3, 0.4) is 0 Å². The molecule has 0 saturated carbocycles. The quantitative estimate of drug-likeness (QED) is 0.294. The fourth-order valence-electron chi connectivity index (χ4n) is 1.26. The summed E-state index contributed by atoms with van der Waals surface area (Å²) in [5.41, 5.74) is -0.0245. The van der Waals surface area contributed by atoms with E-state index < -0.39 is 12.0 Å². The van der Waals surface area contributed by atoms with Crippen LogP contribution in [0.5, 0.6) is 0 Å². The number of nitrogens with zero attached hydrogens (tertiary/aromatic N) is 1. The zero-order valence-corrected chi connectivity index (χ0v) is 12.4. The molecule has 0 aromatic rings. The van der Waals surface area contributed by atoms with Gasteiger partial charge in [0.1, 0.15) is 11.6 Å². The molecule has 0 rings (SSSR count). The molecule has 0 aromatic carbocycles. The lowest BCUT2D eigenvalue weighted by molar-refractivity contribution is -0.117. The van der Waals surface area contributed by atoms with Gasteiger partial charge in [-0.1, -0.05) is 0 Å². The molecule has 0 aliphatic heterocycles. The van der Waals surface area contributed by atoms with Crippen LogP contribution >= 0.6 is 0 Å². The van der Waals surface area contributed by atoms with Crippen LogP contribution in [-0.4, -0.2) is 52.0 Å². The van der Waals surface area contributed by atoms with Crippen LogP contribution in [0, 0.1) is 11.3 Å². The van der Waals surface area contributed by atoms with Crippen molar-refractivity contribution in [2.45, 2.75) is 13.3 Å². The molecule has 0 spiro atoms. The van der Waals surface area contributed by atoms with Crippen molar-refractivity contribution in [1.29, 1.82) is 5.26 Å². The van der Waals surface area contributed by atoms with E-state index in [0.717, 1.165) is 0 Å². The largest absolute Gasteiger partial charge is 0.450 e. The smallest absolute Gasteiger partial charge is 0.407 e. The molecule has 2 amide bonds. The van der Waals surface area contributed by atoms with Crippen LogP contribution in [0.4, 0.5) is 4.79 Å². The maximum atomic E-state index is 11.6. The number of alkyl carbamates (subject to hydrolysis) is 1. The molecule has 8 heteroatoms. The van der Waals surface area contributed by atoms with Gasteiger partial charge in [-0.2, -0.15) is 5.26 Å². The van der Waals surface area contributed by atoms with Crippen LogP contribution in [0.2, 0.25) is 0 Å². The third-order valence-corrected chi connectivity index (χ3v) is 2.24. The molecule has 0 unspecified atom stereocenters. The minimum Gasteiger partial charge on any atom is -0.450 e. The van der Waals surface area contributed by atoms with Crippen molar-refractivity contribution < 1.29 is 19.1 Å². The Balaban J connectivity index is 3.92. The van der Waals surface area contributed by atoms with Gasteiger partial charge in [-0.05, 0) is 13.3 Å². The Hall–Kier alpha value is -2.27. The molecular weight excluding hydrogens is 276 g/mol. The molecule has 3 N–H and O–H groups in total. The Morgan fingerprint density at radius 3 is 2.62 bits per heavy atom. The molecule has 8 nitrogen and oxygen atoms in total. The lowest BCUT2D eigenvalue weighted by atomic mass is 10.3. The number of nitrogens with one attached hydrogen (secondary N) is 3. The van der Waals surface area contributed by atoms with Crippen molar-refractivity contribution in [1.82, 2.24) is 16.0 Å². The predicted octanol–water partition coefficient (Wildman–Crippen LogP) is -0.118. The first-order chi connectivity index (χ1) is 10.2. The number of carbonyl (C=O) groups excluding carboxylic acids is 2. The van der Waals surface area contributed by atoms with Crippen LogP contribution in [-0.2, 0) is 14.3 Å². The highest BCUT2D eigenvalue weighted by molar-refractivity contribution is 5.97. The maximum Gasteiger partial charge on any atom is 0.407 e. The van der Waals surface area contributed by atoms with Gasteiger partial charge >= 0.3 is 6.09 Å². The number of carbonyl (C=O) groups is 2. The number of nitriles is 1. The third-order valence-electron chi connectivity index (χ3n) is 2.24. The number of rotatable bonds is 10. The van der Waals surface area contributed by atoms with Crippen molar-refractivity contribution in [3.05, 3.63) is 11.8 Å². The molecule has 0 aliphatic rings. The van der Waals surface area contributed by atoms with Gasteiger partial charge in [0, 0.05) is 39.6 Å². The molecule has 118 valence electrons. The Morgan fingerprint density at radius 1 is 1.24 bits per heavy atom. The topological polar surface area (TPSA) is 112 Å². The van der Waals surface area contributed by atoms with Gasteiger partial charge in [0.15, 0.2) is 0 Å². The van der Waals surface area contributed by atoms with Crippen LogP contribution in [0.15, 0.2) is 11.8 Å². The SMILES string of the molecule is CCOC(=O)NCCN/C=C(/C#N)C(=O)NCCCOC. The Kier molecular flexibility index (Phi) is 11.4. The number of amides is 2. The number of ether oxygens (including phenoxy) is 2. The molecule has 0 radical (unpaired) electrons. The normalized spacial score (nSPS) is 10.4. The highest BCUT2D eigenvalue weighted by Crippen LogP contribution is 1.90. The summed E-state index contributed by atoms with van der Waals surface area (Å²) in [6.45, 7) is 3.70. The molecule has 0 atom stereocenters. The number of methoxy groups -OCH3 is 1. The Labute approximate surface area is 124 Å². The van der Waals surface area contributed by atoms with Crippen molar-refractivity contribution in [2.75, 3.05) is 40.0 Å². The van der Waals surface area contributed by atoms with Crippen molar-refractivity contribution in [2.24, 2.45) is 0 Å². The van der Waals surface area contributed by atoms with Crippen molar-refractivity contribution >= 4 is 12.0 Å². The molecule has 0 heterocycles. The van der Waals surface area contributed by atoms with Crippen molar-refractivity contribution in [3.63, 3.8) is 0 Å². The van der Waals surface area contributed by atoms with Gasteiger partial charge in [-0.15, -0.1) is 0 Å². The molecule has 0 aromatic heterocycles. The third kappa shape index (κ3) is 10.2. The molecular formula is C13H22N4O4. The zero-order chi connectivity index (χ0) is 15.9. The monoisotopic (exact) mass is 298 g/mol. The average molecular weight is 298 g/mol. The van der Waals surface area contributed by atoms with E-state index in [4.69, 9.17) is 10.00 Å². The van der Waals surface area contributed by atoms with E-state index in [0.29, 0.717) is 39.3 Å². The maximum absolute atomic E-state index is 11.6. The first kappa shape index (κ1) is 18.7. The predicted molar refractivity (Wildman–Crippen MR) is 76.2 cm³/mol. The summed E-state index contributed by atoms with van der Waals surface area (Å²) in [7, 11) is 1.58. The van der Waals surface area contributed by atoms with E-state index in [-0.39, 0.29) is 5.57 Å². The van der Waals surface area contributed by atoms with E-state index in [2.05, 4.69) is 20.7 Å². The summed E-state index contributed by atoms with van der Waals surface area (Å²) in [6.07, 6.45) is 1.50. The lowest BCUT2D eigenvalue weighted by Crippen LogP contribution is -2.31. The minimum absolute atomic E-state index is 0.0245. The highest BCUT2D eigenvalue weighted by atomic mass is 16.5. The van der Waals surface area contributed by atoms with E-state index in [1.807, 2.05) is 0 Å². The van der Waals surface area contributed by atoms with E-state index in [1.54, 1.807) is 20.1 Å². The summed E-state index contributed by atoms with van der Waals surface area (Å²) in [4.78, 5) is 22.6. The van der Waals surface area contributed by atoms with Crippen LogP contribution in [0.1, 0.15) is 13.3 Å². The second-order valence-electron chi connectivity index (χ2n) is 3.87. The fraction of sp³-hybridized carbons (Fsp3) is 0.615. The molecule has 0 aliphatic carbocycles. The van der Waals surface area contributed by atoms with E-state index >= 15 is 0 Å². The average Bonchev–Trinajstić information content (AvgIpc) is 2.47. The van der Waals surface area contributed by atoms with Gasteiger partial charge in [-0.25, -0.2) is 4.79 Å². The molecule has 21 heavy (non-hydrogen) atoms. The van der Waals surface area contributed by atoms with Gasteiger partial charge in [0.25, 0.3) is 5.91 Å². The van der Waals surface area contributed by atoms with E-state index in [1.165, 1.54) is 6.20 Å². The molecule has 0 fully saturated rings. The summed E-state index contributed by atoms with van der Waals surface area (Å²) in [5, 5.41) is 16.8. The van der Waals surface area contributed by atoms with Crippen molar-refractivity contribution in [3.8, 4) is 6.07 Å². The van der Waals surface area contributed by atoms with Gasteiger partial charge < -0.3 is 25.4 Å². The summed E-state index contributed by atoms with van der Waals surface area (Å²) in [6, 6.07) is 1.81. The highest BCUT2D eigenvalue weighted by Gasteiger charge is 2.07. The Morgan fingerprint density at radius 2 is 2.00 bits per heavy atom. The molecule has 0 bridgehead atoms. The lowest BCUT2D eigenvalue weighted by Gasteiger charge is -2.06. The standard InChI is InChI=1S/C13H22N4O4/c1-3-21-13(19)17-7-6-15-10-11(9-14)12(18)16-5-4-8-20-2/h10,15H,3-8H2,1-2H3,(H,16,18)(H,17,19)/b11-10-. The Bertz CT molecular complexity index is 390. The summed E-state index contributed by atoms with van der Waals surface area (Å²) >= 11 is 0. The first-order valence-corrected chi connectivity index (χ1v) is 6.67. The van der Waals surface area contributed by atoms with Gasteiger partial charge in [-0.3, -0.25) is 4.79 Å². The van der Waals surface area contributed by atoms with Crippen LogP contribution in [0.25, 0.3) is 0 Å². The first-order valence-electron chi connectivity index (χ1n) is 6.67. The molecule has 0 saturated heterocycles.